The second-order valence-electron chi connectivity index (χ2n) is 6.74. The lowest BCUT2D eigenvalue weighted by molar-refractivity contribution is 0.334. The normalized spacial score (nSPS) is 21.7. The van der Waals surface area contributed by atoms with E-state index in [1.165, 1.54) is 50.0 Å². The lowest BCUT2D eigenvalue weighted by Crippen LogP contribution is -2.50. The monoisotopic (exact) mass is 258 g/mol. The number of para-hydroxylation sites is 1. The van der Waals surface area contributed by atoms with Gasteiger partial charge in [-0.3, -0.25) is 0 Å². The van der Waals surface area contributed by atoms with E-state index in [1.54, 1.807) is 0 Å². The van der Waals surface area contributed by atoms with Crippen molar-refractivity contribution in [3.8, 4) is 0 Å². The minimum atomic E-state index is 0.369. The van der Waals surface area contributed by atoms with Crippen LogP contribution in [0.15, 0.2) is 24.3 Å². The zero-order valence-electron chi connectivity index (χ0n) is 12.3. The molecule has 1 saturated carbocycles. The zero-order valence-corrected chi connectivity index (χ0v) is 12.3. The van der Waals surface area contributed by atoms with Crippen LogP contribution in [0.5, 0.6) is 0 Å². The van der Waals surface area contributed by atoms with Crippen LogP contribution in [0.3, 0.4) is 0 Å². The molecule has 0 saturated heterocycles. The summed E-state index contributed by atoms with van der Waals surface area (Å²) in [6.45, 7) is 8.03. The first-order valence-corrected chi connectivity index (χ1v) is 7.76. The van der Waals surface area contributed by atoms with Gasteiger partial charge in [0, 0.05) is 30.9 Å². The molecule has 1 N–H and O–H groups in total. The van der Waals surface area contributed by atoms with Crippen molar-refractivity contribution in [1.29, 1.82) is 0 Å². The molecule has 19 heavy (non-hydrogen) atoms. The maximum Gasteiger partial charge on any atom is 0.0412 e. The molecule has 0 bridgehead atoms. The van der Waals surface area contributed by atoms with E-state index in [2.05, 4.69) is 48.3 Å². The van der Waals surface area contributed by atoms with Gasteiger partial charge in [-0.05, 0) is 30.4 Å². The minimum Gasteiger partial charge on any atom is -0.369 e. The van der Waals surface area contributed by atoms with Gasteiger partial charge >= 0.3 is 0 Å². The molecule has 0 radical (unpaired) electrons. The fourth-order valence-corrected chi connectivity index (χ4v) is 3.75. The molecule has 0 unspecified atom stereocenters. The third-order valence-corrected chi connectivity index (χ3v) is 4.63. The highest BCUT2D eigenvalue weighted by Gasteiger charge is 2.37. The van der Waals surface area contributed by atoms with E-state index < -0.39 is 0 Å². The quantitative estimate of drug-likeness (QED) is 0.872. The van der Waals surface area contributed by atoms with Gasteiger partial charge in [-0.15, -0.1) is 0 Å². The van der Waals surface area contributed by atoms with Crippen LogP contribution < -0.4 is 10.2 Å². The first-order valence-electron chi connectivity index (χ1n) is 7.76. The van der Waals surface area contributed by atoms with Crippen molar-refractivity contribution < 1.29 is 0 Å². The van der Waals surface area contributed by atoms with Gasteiger partial charge in [0.2, 0.25) is 0 Å². The molecule has 2 aliphatic rings. The van der Waals surface area contributed by atoms with Crippen LogP contribution in [0.2, 0.25) is 0 Å². The molecule has 1 aromatic carbocycles. The van der Waals surface area contributed by atoms with Crippen LogP contribution in [0.1, 0.15) is 45.1 Å². The summed E-state index contributed by atoms with van der Waals surface area (Å²) in [4.78, 5) is 2.63. The van der Waals surface area contributed by atoms with Gasteiger partial charge in [0.05, 0.1) is 0 Å². The number of nitrogens with zero attached hydrogens (tertiary/aromatic N) is 1. The van der Waals surface area contributed by atoms with Crippen molar-refractivity contribution >= 4 is 5.69 Å². The van der Waals surface area contributed by atoms with E-state index in [0.717, 1.165) is 6.54 Å². The van der Waals surface area contributed by atoms with Gasteiger partial charge in [0.25, 0.3) is 0 Å². The lowest BCUT2D eigenvalue weighted by atomic mass is 9.96. The molecule has 0 amide bonds. The largest absolute Gasteiger partial charge is 0.369 e. The summed E-state index contributed by atoms with van der Waals surface area (Å²) in [7, 11) is 0. The number of benzene rings is 1. The fourth-order valence-electron chi connectivity index (χ4n) is 3.75. The Kier molecular flexibility index (Phi) is 3.53. The molecule has 1 aliphatic carbocycles. The summed E-state index contributed by atoms with van der Waals surface area (Å²) in [5.74, 6) is 0.713. The van der Waals surface area contributed by atoms with Crippen molar-refractivity contribution in [2.45, 2.75) is 51.6 Å². The second kappa shape index (κ2) is 5.16. The number of rotatable bonds is 2. The Bertz CT molecular complexity index is 433. The summed E-state index contributed by atoms with van der Waals surface area (Å²) in [6.07, 6.45) is 5.46. The first kappa shape index (κ1) is 13.0. The van der Waals surface area contributed by atoms with Crippen LogP contribution in [-0.4, -0.2) is 18.6 Å². The standard InChI is InChI=1S/C17H26N2/c1-14(2)12-19-13-17(9-5-6-10-17)18-11-15-7-3-4-8-16(15)19/h3-4,7-8,14,18H,5-6,9-13H2,1-2H3. The topological polar surface area (TPSA) is 15.3 Å². The molecule has 3 rings (SSSR count). The van der Waals surface area contributed by atoms with Gasteiger partial charge in [0.1, 0.15) is 0 Å². The molecule has 1 aliphatic heterocycles. The number of fused-ring (bicyclic) bond motifs is 1. The molecule has 2 heteroatoms. The van der Waals surface area contributed by atoms with Crippen LogP contribution in [0, 0.1) is 5.92 Å². The van der Waals surface area contributed by atoms with E-state index in [9.17, 15) is 0 Å². The highest BCUT2D eigenvalue weighted by Crippen LogP contribution is 2.36. The Morgan fingerprint density at radius 2 is 1.95 bits per heavy atom. The lowest BCUT2D eigenvalue weighted by Gasteiger charge is -2.35. The summed E-state index contributed by atoms with van der Waals surface area (Å²) < 4.78 is 0. The second-order valence-corrected chi connectivity index (χ2v) is 6.74. The Hall–Kier alpha value is -1.02. The van der Waals surface area contributed by atoms with Gasteiger partial charge in [0.15, 0.2) is 0 Å². The summed E-state index contributed by atoms with van der Waals surface area (Å²) in [5, 5.41) is 3.87. The first-order chi connectivity index (χ1) is 9.19. The maximum absolute atomic E-state index is 3.87. The molecule has 0 aromatic heterocycles. The van der Waals surface area contributed by atoms with Crippen molar-refractivity contribution in [2.75, 3.05) is 18.0 Å². The Morgan fingerprint density at radius 1 is 1.21 bits per heavy atom. The number of hydrogen-bond acceptors (Lipinski definition) is 2. The molecule has 1 heterocycles. The smallest absolute Gasteiger partial charge is 0.0412 e. The highest BCUT2D eigenvalue weighted by molar-refractivity contribution is 5.55. The Balaban J connectivity index is 1.92. The molecule has 2 nitrogen and oxygen atoms in total. The van der Waals surface area contributed by atoms with Crippen LogP contribution in [0.25, 0.3) is 0 Å². The van der Waals surface area contributed by atoms with E-state index in [4.69, 9.17) is 0 Å². The van der Waals surface area contributed by atoms with Gasteiger partial charge in [-0.25, -0.2) is 0 Å². The molecule has 1 fully saturated rings. The molecular weight excluding hydrogens is 232 g/mol. The number of nitrogens with one attached hydrogen (secondary N) is 1. The van der Waals surface area contributed by atoms with E-state index >= 15 is 0 Å². The van der Waals surface area contributed by atoms with Crippen LogP contribution >= 0.6 is 0 Å². The predicted octanol–water partition coefficient (Wildman–Crippen LogP) is 3.57. The molecule has 104 valence electrons. The SMILES string of the molecule is CC(C)CN1CC2(CCCC2)NCc2ccccc21. The predicted molar refractivity (Wildman–Crippen MR) is 81.5 cm³/mol. The van der Waals surface area contributed by atoms with Crippen molar-refractivity contribution in [2.24, 2.45) is 5.92 Å². The zero-order chi connectivity index (χ0) is 13.3. The third kappa shape index (κ3) is 2.64. The highest BCUT2D eigenvalue weighted by atomic mass is 15.2. The van der Waals surface area contributed by atoms with Crippen molar-refractivity contribution in [3.63, 3.8) is 0 Å². The van der Waals surface area contributed by atoms with Crippen LogP contribution in [0.4, 0.5) is 5.69 Å². The Labute approximate surface area is 117 Å². The van der Waals surface area contributed by atoms with Gasteiger partial charge in [-0.2, -0.15) is 0 Å². The summed E-state index contributed by atoms with van der Waals surface area (Å²) >= 11 is 0. The average molecular weight is 258 g/mol. The van der Waals surface area contributed by atoms with Gasteiger partial charge < -0.3 is 10.2 Å². The summed E-state index contributed by atoms with van der Waals surface area (Å²) in [6, 6.07) is 8.93. The maximum atomic E-state index is 3.87. The van der Waals surface area contributed by atoms with E-state index in [-0.39, 0.29) is 0 Å². The van der Waals surface area contributed by atoms with Crippen molar-refractivity contribution in [3.05, 3.63) is 29.8 Å². The molecule has 0 atom stereocenters. The summed E-state index contributed by atoms with van der Waals surface area (Å²) in [5.41, 5.74) is 3.29. The van der Waals surface area contributed by atoms with E-state index in [1.807, 2.05) is 0 Å². The molecular formula is C17H26N2. The molecule has 1 spiro atoms. The molecule has 1 aromatic rings. The van der Waals surface area contributed by atoms with Crippen molar-refractivity contribution in [1.82, 2.24) is 5.32 Å². The van der Waals surface area contributed by atoms with E-state index in [0.29, 0.717) is 11.5 Å². The number of anilines is 1. The van der Waals surface area contributed by atoms with Crippen LogP contribution in [-0.2, 0) is 6.54 Å². The number of hydrogen-bond donors (Lipinski definition) is 1. The Morgan fingerprint density at radius 3 is 2.68 bits per heavy atom. The minimum absolute atomic E-state index is 0.369. The average Bonchev–Trinajstić information content (AvgIpc) is 2.78. The third-order valence-electron chi connectivity index (χ3n) is 4.63. The fraction of sp³-hybridized carbons (Fsp3) is 0.647. The van der Waals surface area contributed by atoms with Gasteiger partial charge in [-0.1, -0.05) is 44.9 Å².